The molecule has 0 atom stereocenters. The number of benzene rings is 3. The molecule has 0 aliphatic rings. The predicted octanol–water partition coefficient (Wildman–Crippen LogP) is 2.24. The monoisotopic (exact) mass is 821 g/mol. The first kappa shape index (κ1) is 42.4. The van der Waals surface area contributed by atoms with E-state index in [1.54, 1.807) is 47.7 Å². The van der Waals surface area contributed by atoms with E-state index in [-0.39, 0.29) is 41.9 Å². The maximum atomic E-state index is 11.2. The Hall–Kier alpha value is -7.74. The van der Waals surface area contributed by atoms with Gasteiger partial charge in [-0.25, -0.2) is 0 Å². The van der Waals surface area contributed by atoms with Gasteiger partial charge in [-0.15, -0.1) is 0 Å². The van der Waals surface area contributed by atoms with Crippen LogP contribution in [-0.4, -0.2) is 29.8 Å². The van der Waals surface area contributed by atoms with Crippen molar-refractivity contribution in [2.75, 3.05) is 5.73 Å². The number of nitro benzene ring substituents is 2. The quantitative estimate of drug-likeness (QED) is 0.114. The lowest BCUT2D eigenvalue weighted by molar-refractivity contribution is -0.600. The molecule has 0 unspecified atom stereocenters. The van der Waals surface area contributed by atoms with Crippen molar-refractivity contribution in [2.24, 2.45) is 0 Å². The van der Waals surface area contributed by atoms with Crippen molar-refractivity contribution in [3.05, 3.63) is 210 Å². The summed E-state index contributed by atoms with van der Waals surface area (Å²) in [5.41, 5.74) is 13.4. The summed E-state index contributed by atoms with van der Waals surface area (Å²) in [7, 11) is 0. The Morgan fingerprint density at radius 1 is 0.492 bits per heavy atom. The van der Waals surface area contributed by atoms with Crippen LogP contribution in [0.25, 0.3) is 55.4 Å². The van der Waals surface area contributed by atoms with Crippen molar-refractivity contribution in [3.63, 3.8) is 0 Å². The first-order chi connectivity index (χ1) is 27.8. The van der Waals surface area contributed by atoms with E-state index in [9.17, 15) is 20.2 Å². The average Bonchev–Trinajstić information content (AvgIpc) is 3.27. The number of anilines is 1. The third kappa shape index (κ3) is 10.6. The molecule has 0 amide bonds. The van der Waals surface area contributed by atoms with Crippen molar-refractivity contribution in [1.82, 2.24) is 19.9 Å². The molecule has 0 bridgehead atoms. The number of pyridine rings is 6. The number of fused-ring (bicyclic) bond motifs is 2. The van der Waals surface area contributed by atoms with Crippen LogP contribution in [0.4, 0.5) is 17.1 Å². The Morgan fingerprint density at radius 3 is 1.51 bits per heavy atom. The van der Waals surface area contributed by atoms with Gasteiger partial charge in [0.15, 0.2) is 24.8 Å². The van der Waals surface area contributed by atoms with Crippen molar-refractivity contribution in [1.29, 1.82) is 0 Å². The van der Waals surface area contributed by atoms with Gasteiger partial charge in [0, 0.05) is 102 Å². The first-order valence-corrected chi connectivity index (χ1v) is 17.5. The second kappa shape index (κ2) is 19.9. The Bertz CT molecular complexity index is 2820. The molecule has 0 saturated heterocycles. The summed E-state index contributed by atoms with van der Waals surface area (Å²) in [5.74, 6) is 0. The number of hydrogen-bond acceptors (Lipinski definition) is 9. The van der Waals surface area contributed by atoms with E-state index in [1.165, 1.54) is 23.3 Å². The molecule has 0 saturated carbocycles. The standard InChI is InChI=1S/C19H14N3.C16H11N4O4.C9H8N2.2ClH/c1-2-17-14-18(3-4-19(17)21-9-1)22-12-7-16(8-13-22)15-5-10-20-11-6-15;21-19(22)14-1-2-15(16(11-14)20(23)24)18-9-5-13(6-10-18)12-3-7-17-8-4-12;10-8-3-4-9-7(6-8)2-1-5-11-9;;/h1-14H;1-11H;1-6H,10H2;2*1H/q2*+1;;;/p-2. The van der Waals surface area contributed by atoms with Crippen LogP contribution in [0.5, 0.6) is 0 Å². The number of nitrogens with zero attached hydrogens (tertiary/aromatic N) is 8. The molecular weight excluding hydrogens is 789 g/mol. The topological polar surface area (TPSA) is 172 Å². The fourth-order valence-corrected chi connectivity index (χ4v) is 5.97. The minimum atomic E-state index is -0.659. The Labute approximate surface area is 350 Å². The van der Waals surface area contributed by atoms with Gasteiger partial charge in [0.05, 0.1) is 20.9 Å². The SMILES string of the molecule is Nc1ccc2ncccc2c1.O=[N+]([O-])c1ccc(-[n+]2ccc(-c3ccncc3)cc2)c([N+](=O)[O-])c1.[Cl-].[Cl-].c1cnc2ccc(-[n+]3ccc(-c4ccncc4)cc3)cc2c1. The van der Waals surface area contributed by atoms with E-state index >= 15 is 0 Å². The van der Waals surface area contributed by atoms with Gasteiger partial charge in [0.2, 0.25) is 5.69 Å². The summed E-state index contributed by atoms with van der Waals surface area (Å²) < 4.78 is 3.66. The third-order valence-electron chi connectivity index (χ3n) is 8.84. The normalized spacial score (nSPS) is 10.1. The zero-order chi connectivity index (χ0) is 39.6. The molecule has 15 heteroatoms. The van der Waals surface area contributed by atoms with Crippen LogP contribution in [-0.2, 0) is 0 Å². The van der Waals surface area contributed by atoms with Gasteiger partial charge < -0.3 is 30.5 Å². The highest BCUT2D eigenvalue weighted by atomic mass is 35.5. The van der Waals surface area contributed by atoms with Crippen molar-refractivity contribution < 1.29 is 43.8 Å². The van der Waals surface area contributed by atoms with Gasteiger partial charge in [-0.05, 0) is 82.9 Å². The molecule has 9 aromatic rings. The van der Waals surface area contributed by atoms with Gasteiger partial charge in [0.1, 0.15) is 6.07 Å². The maximum Gasteiger partial charge on any atom is 0.347 e. The molecule has 0 fully saturated rings. The highest BCUT2D eigenvalue weighted by molar-refractivity contribution is 5.81. The molecule has 0 aliphatic carbocycles. The lowest BCUT2D eigenvalue weighted by Crippen LogP contribution is -3.00. The summed E-state index contributed by atoms with van der Waals surface area (Å²) in [6.07, 6.45) is 18.1. The first-order valence-electron chi connectivity index (χ1n) is 17.5. The molecule has 59 heavy (non-hydrogen) atoms. The van der Waals surface area contributed by atoms with Crippen LogP contribution in [0.3, 0.4) is 0 Å². The van der Waals surface area contributed by atoms with E-state index in [0.717, 1.165) is 50.4 Å². The molecule has 3 aromatic carbocycles. The number of rotatable bonds is 6. The minimum absolute atomic E-state index is 0. The van der Waals surface area contributed by atoms with Crippen LogP contribution in [0.2, 0.25) is 0 Å². The molecular formula is C44H33Cl2N9O4. The predicted molar refractivity (Wildman–Crippen MR) is 217 cm³/mol. The Balaban J connectivity index is 0.000000175. The third-order valence-corrected chi connectivity index (χ3v) is 8.84. The summed E-state index contributed by atoms with van der Waals surface area (Å²) >= 11 is 0. The fraction of sp³-hybridized carbons (Fsp3) is 0. The molecule has 0 aliphatic heterocycles. The van der Waals surface area contributed by atoms with E-state index in [4.69, 9.17) is 5.73 Å². The number of nitrogens with two attached hydrogens (primary N) is 1. The lowest BCUT2D eigenvalue weighted by Gasteiger charge is -2.01. The summed E-state index contributed by atoms with van der Waals surface area (Å²) in [6, 6.07) is 39.1. The average molecular weight is 823 g/mol. The van der Waals surface area contributed by atoms with Crippen LogP contribution >= 0.6 is 0 Å². The molecule has 6 heterocycles. The van der Waals surface area contributed by atoms with Gasteiger partial charge in [0.25, 0.3) is 11.4 Å². The number of hydrogen-bond donors (Lipinski definition) is 1. The molecule has 2 N–H and O–H groups in total. The number of nitro groups is 2. The van der Waals surface area contributed by atoms with Gasteiger partial charge in [-0.2, -0.15) is 9.13 Å². The number of aromatic nitrogens is 6. The van der Waals surface area contributed by atoms with E-state index in [2.05, 4.69) is 73.3 Å². The number of non-ortho nitro benzene ring substituents is 1. The van der Waals surface area contributed by atoms with E-state index in [0.29, 0.717) is 0 Å². The van der Waals surface area contributed by atoms with Crippen LogP contribution < -0.4 is 39.7 Å². The molecule has 6 aromatic heterocycles. The maximum absolute atomic E-state index is 11.2. The smallest absolute Gasteiger partial charge is 0.347 e. The molecule has 13 nitrogen and oxygen atoms in total. The summed E-state index contributed by atoms with van der Waals surface area (Å²) in [5, 5.41) is 24.3. The van der Waals surface area contributed by atoms with Gasteiger partial charge >= 0.3 is 5.69 Å². The lowest BCUT2D eigenvalue weighted by atomic mass is 10.1. The summed E-state index contributed by atoms with van der Waals surface area (Å²) in [4.78, 5) is 37.3. The second-order valence-electron chi connectivity index (χ2n) is 12.5. The summed E-state index contributed by atoms with van der Waals surface area (Å²) in [6.45, 7) is 0. The fourth-order valence-electron chi connectivity index (χ4n) is 5.97. The van der Waals surface area contributed by atoms with Gasteiger partial charge in [-0.3, -0.25) is 40.2 Å². The Morgan fingerprint density at radius 2 is 0.983 bits per heavy atom. The zero-order valence-electron chi connectivity index (χ0n) is 30.9. The second-order valence-corrected chi connectivity index (χ2v) is 12.5. The zero-order valence-corrected chi connectivity index (χ0v) is 32.5. The number of halogens is 2. The number of nitrogen functional groups attached to an aromatic ring is 1. The molecule has 0 radical (unpaired) electrons. The highest BCUT2D eigenvalue weighted by Gasteiger charge is 2.26. The molecule has 9 rings (SSSR count). The Kier molecular flexibility index (Phi) is 14.3. The highest BCUT2D eigenvalue weighted by Crippen LogP contribution is 2.25. The van der Waals surface area contributed by atoms with Crippen LogP contribution in [0.1, 0.15) is 0 Å². The van der Waals surface area contributed by atoms with Gasteiger partial charge in [-0.1, -0.05) is 12.1 Å². The van der Waals surface area contributed by atoms with E-state index < -0.39 is 9.85 Å². The minimum Gasteiger partial charge on any atom is -1.00 e. The largest absolute Gasteiger partial charge is 1.00 e. The van der Waals surface area contributed by atoms with E-state index in [1.807, 2.05) is 79.3 Å². The molecule has 292 valence electrons. The van der Waals surface area contributed by atoms with Crippen LogP contribution in [0, 0.1) is 20.2 Å². The van der Waals surface area contributed by atoms with Crippen molar-refractivity contribution in [2.45, 2.75) is 0 Å². The molecule has 0 spiro atoms. The van der Waals surface area contributed by atoms with Crippen molar-refractivity contribution in [3.8, 4) is 33.6 Å². The van der Waals surface area contributed by atoms with Crippen molar-refractivity contribution >= 4 is 38.9 Å². The van der Waals surface area contributed by atoms with Crippen LogP contribution in [0.15, 0.2) is 189 Å².